The number of benzene rings is 3. The predicted octanol–water partition coefficient (Wildman–Crippen LogP) is -0.422. The second-order valence-electron chi connectivity index (χ2n) is 31.7. The standard InChI is InChI=1S/C82H119N17O18S/c1-11-46(8)67(96-70(104)53(83)40-51-41-86-54-27-19-18-26-52(51)54)78(112)97-68(48(10)100)79(113)88-55(30-32-64(84)101)71(105)94-61(42-118)75(109)91-58(38-49-22-14-12-15-23-49)74(108)93-60(37-44(4)5)81(115)98-34-20-28-62(98)76(110)95-66(45(6)7)77(111)92-59(39-50-24-16-13-17-25-50)73(107)90-57(36-43(2)3)72(106)87-47(9)69(103)89-56(31-33-65(85)102)80(114)99-35-21-29-63(99)82(116)117/h12-19,22-27,41,43-48,53,55-63,66-68,86,100,118H,11,20-21,28-40,42,83H2,1-10H3,(H2,84,101)(H2,85,102)(H,87,106)(H,88,113)(H,89,103)(H,90,107)(H,91,109)(H,92,111)(H,93,108)(H,94,105)(H,95,110)(H,96,104)(H,97,112)(H,116,117)/t46-,47-,48+,53-,55-,56-,57-,58-,59-,60-,61-,62-,63-,66-,67-,68-/m0/s1. The van der Waals surface area contributed by atoms with Crippen molar-refractivity contribution in [2.75, 3.05) is 18.8 Å². The Morgan fingerprint density at radius 3 is 1.44 bits per heavy atom. The van der Waals surface area contributed by atoms with Gasteiger partial charge >= 0.3 is 5.97 Å². The van der Waals surface area contributed by atoms with E-state index >= 15 is 4.79 Å². The number of carbonyl (C=O) groups is 16. The number of nitrogens with one attached hydrogen (secondary N) is 12. The fourth-order valence-corrected chi connectivity index (χ4v) is 14.4. The lowest BCUT2D eigenvalue weighted by atomic mass is 9.96. The minimum Gasteiger partial charge on any atom is -0.480 e. The van der Waals surface area contributed by atoms with E-state index in [2.05, 4.69) is 76.1 Å². The van der Waals surface area contributed by atoms with Gasteiger partial charge in [0.1, 0.15) is 78.5 Å². The molecule has 15 amide bonds. The Bertz CT molecular complexity index is 4170. The van der Waals surface area contributed by atoms with Crippen LogP contribution in [0.15, 0.2) is 91.1 Å². The van der Waals surface area contributed by atoms with Gasteiger partial charge in [0.2, 0.25) is 88.6 Å². The number of aliphatic carboxylic acids is 1. The number of carbonyl (C=O) groups excluding carboxylic acids is 15. The number of rotatable bonds is 46. The van der Waals surface area contributed by atoms with Crippen LogP contribution in [-0.2, 0) is 96.0 Å². The summed E-state index contributed by atoms with van der Waals surface area (Å²) < 4.78 is 0. The molecule has 20 N–H and O–H groups in total. The number of likely N-dealkylation sites (tertiary alicyclic amines) is 2. The van der Waals surface area contributed by atoms with Gasteiger partial charge in [0, 0.05) is 61.6 Å². The highest BCUT2D eigenvalue weighted by Crippen LogP contribution is 2.25. The van der Waals surface area contributed by atoms with E-state index in [9.17, 15) is 82.1 Å². The number of primary amides is 2. The molecule has 2 aliphatic heterocycles. The molecule has 6 rings (SSSR count). The minimum absolute atomic E-state index is 0.0284. The zero-order valence-electron chi connectivity index (χ0n) is 68.7. The zero-order valence-corrected chi connectivity index (χ0v) is 69.5. The molecule has 4 aromatic rings. The molecule has 3 aromatic carbocycles. The molecule has 2 aliphatic rings. The van der Waals surface area contributed by atoms with E-state index in [0.29, 0.717) is 30.4 Å². The van der Waals surface area contributed by atoms with E-state index in [1.165, 1.54) is 18.7 Å². The molecule has 0 bridgehead atoms. The van der Waals surface area contributed by atoms with Crippen LogP contribution in [0.3, 0.4) is 0 Å². The number of carboxylic acid groups (broad SMARTS) is 1. The number of amides is 15. The van der Waals surface area contributed by atoms with Gasteiger partial charge in [-0.3, -0.25) is 71.9 Å². The maximum atomic E-state index is 15.1. The lowest BCUT2D eigenvalue weighted by molar-refractivity contribution is -0.149. The number of para-hydroxylation sites is 1. The average Bonchev–Trinajstić information content (AvgIpc) is 1.76. The smallest absolute Gasteiger partial charge is 0.326 e. The summed E-state index contributed by atoms with van der Waals surface area (Å²) in [4.78, 5) is 228. The molecule has 0 radical (unpaired) electrons. The third-order valence-electron chi connectivity index (χ3n) is 20.9. The van der Waals surface area contributed by atoms with Crippen molar-refractivity contribution in [2.24, 2.45) is 40.9 Å². The third kappa shape index (κ3) is 28.7. The Balaban J connectivity index is 1.15. The SMILES string of the molecule is CC[C@H](C)[C@H](NC(=O)[C@@H](N)Cc1c[nH]c2ccccc12)C(=O)N[C@H](C(=O)N[C@@H](CCC(N)=O)C(=O)N[C@@H](CS)C(=O)N[C@@H](Cc1ccccc1)C(=O)N[C@@H](CC(C)C)C(=O)N1CCC[C@H]1C(=O)N[C@H](C(=O)N[C@@H](Cc1ccccc1)C(=O)N[C@@H](CC(C)C)C(=O)N[C@@H](C)C(=O)N[C@@H](CCC(N)=O)C(=O)N1CCC[C@H]1C(=O)O)C(C)C)[C@@H](C)O. The summed E-state index contributed by atoms with van der Waals surface area (Å²) >= 11 is 4.36. The van der Waals surface area contributed by atoms with E-state index in [-0.39, 0.29) is 82.7 Å². The summed E-state index contributed by atoms with van der Waals surface area (Å²) in [6, 6.07) is 5.29. The van der Waals surface area contributed by atoms with Crippen molar-refractivity contribution in [3.63, 3.8) is 0 Å². The Morgan fingerprint density at radius 1 is 0.475 bits per heavy atom. The number of aliphatic hydroxyl groups is 1. The van der Waals surface area contributed by atoms with Crippen molar-refractivity contribution in [1.29, 1.82) is 0 Å². The number of H-pyrrole nitrogens is 1. The van der Waals surface area contributed by atoms with Crippen LogP contribution in [0, 0.1) is 23.7 Å². The molecule has 2 fully saturated rings. The van der Waals surface area contributed by atoms with Crippen LogP contribution in [0.5, 0.6) is 0 Å². The number of hydrogen-bond donors (Lipinski definition) is 18. The van der Waals surface area contributed by atoms with Gasteiger partial charge in [-0.25, -0.2) is 4.79 Å². The Kier molecular flexibility index (Phi) is 37.5. The summed E-state index contributed by atoms with van der Waals surface area (Å²) in [5.74, 6) is -15.9. The molecule has 3 heterocycles. The summed E-state index contributed by atoms with van der Waals surface area (Å²) in [5.41, 5.74) is 20.0. The van der Waals surface area contributed by atoms with Crippen molar-refractivity contribution >= 4 is 118 Å². The number of aliphatic hydroxyl groups excluding tert-OH is 1. The van der Waals surface area contributed by atoms with Crippen molar-refractivity contribution in [1.82, 2.24) is 73.3 Å². The number of aromatic nitrogens is 1. The number of fused-ring (bicyclic) bond motifs is 1. The molecule has 0 aliphatic carbocycles. The molecule has 646 valence electrons. The van der Waals surface area contributed by atoms with E-state index in [1.807, 2.05) is 24.3 Å². The van der Waals surface area contributed by atoms with Crippen LogP contribution in [0.25, 0.3) is 10.9 Å². The monoisotopic (exact) mass is 1660 g/mol. The number of nitrogens with two attached hydrogens (primary N) is 3. The molecule has 0 saturated carbocycles. The van der Waals surface area contributed by atoms with Crippen LogP contribution in [0.1, 0.15) is 157 Å². The van der Waals surface area contributed by atoms with Crippen LogP contribution >= 0.6 is 12.6 Å². The first-order valence-corrected chi connectivity index (χ1v) is 40.9. The van der Waals surface area contributed by atoms with Gasteiger partial charge in [0.05, 0.1) is 12.1 Å². The summed E-state index contributed by atoms with van der Waals surface area (Å²) in [6.45, 7) is 16.6. The van der Waals surface area contributed by atoms with Gasteiger partial charge in [0.25, 0.3) is 0 Å². The van der Waals surface area contributed by atoms with E-state index in [0.717, 1.165) is 21.4 Å². The number of nitrogens with zero attached hydrogens (tertiary/aromatic N) is 2. The van der Waals surface area contributed by atoms with Crippen molar-refractivity contribution in [2.45, 2.75) is 250 Å². The number of aromatic amines is 1. The van der Waals surface area contributed by atoms with Gasteiger partial charge in [-0.1, -0.05) is 141 Å². The van der Waals surface area contributed by atoms with Crippen molar-refractivity contribution < 1.29 is 86.9 Å². The molecule has 35 nitrogen and oxygen atoms in total. The molecule has 118 heavy (non-hydrogen) atoms. The molecular formula is C82H119N17O18S. The molecular weight excluding hydrogens is 1540 g/mol. The second kappa shape index (κ2) is 46.2. The Labute approximate surface area is 692 Å². The van der Waals surface area contributed by atoms with E-state index in [1.54, 1.807) is 122 Å². The lowest BCUT2D eigenvalue weighted by Crippen LogP contribution is -2.62. The maximum absolute atomic E-state index is 15.1. The summed E-state index contributed by atoms with van der Waals surface area (Å²) in [5, 5.41) is 50.7. The van der Waals surface area contributed by atoms with Gasteiger partial charge in [-0.05, 0) is 118 Å². The Hall–Kier alpha value is -11.0. The third-order valence-corrected chi connectivity index (χ3v) is 21.2. The Morgan fingerprint density at radius 2 is 0.907 bits per heavy atom. The molecule has 2 saturated heterocycles. The van der Waals surface area contributed by atoms with Gasteiger partial charge in [-0.15, -0.1) is 0 Å². The number of carboxylic acids is 1. The summed E-state index contributed by atoms with van der Waals surface area (Å²) in [6.07, 6.45) is -0.113. The highest BCUT2D eigenvalue weighted by Gasteiger charge is 2.44. The maximum Gasteiger partial charge on any atom is 0.326 e. The van der Waals surface area contributed by atoms with Crippen LogP contribution in [0.4, 0.5) is 0 Å². The molecule has 1 aromatic heterocycles. The first-order chi connectivity index (χ1) is 55.8. The summed E-state index contributed by atoms with van der Waals surface area (Å²) in [7, 11) is 0. The topological polar surface area (TPSA) is 546 Å². The second-order valence-corrected chi connectivity index (χ2v) is 32.1. The fourth-order valence-electron chi connectivity index (χ4n) is 14.1. The van der Waals surface area contributed by atoms with Crippen LogP contribution < -0.4 is 75.7 Å². The fraction of sp³-hybridized carbons (Fsp3) is 0.561. The van der Waals surface area contributed by atoms with E-state index < -0.39 is 216 Å². The highest BCUT2D eigenvalue weighted by atomic mass is 32.1. The molecule has 16 atom stereocenters. The van der Waals surface area contributed by atoms with Crippen molar-refractivity contribution in [3.05, 3.63) is 108 Å². The first kappa shape index (κ1) is 95.8. The molecule has 0 unspecified atom stereocenters. The lowest BCUT2D eigenvalue weighted by Gasteiger charge is -2.32. The van der Waals surface area contributed by atoms with Crippen LogP contribution in [-0.4, -0.2) is 229 Å². The first-order valence-electron chi connectivity index (χ1n) is 40.2. The average molecular weight is 1660 g/mol. The molecule has 0 spiro atoms. The zero-order chi connectivity index (χ0) is 87.4. The quantitative estimate of drug-likeness (QED) is 0.0250. The predicted molar refractivity (Wildman–Crippen MR) is 440 cm³/mol. The van der Waals surface area contributed by atoms with Gasteiger partial charge < -0.3 is 101 Å². The van der Waals surface area contributed by atoms with E-state index in [4.69, 9.17) is 17.2 Å². The number of hydrogen-bond acceptors (Lipinski definition) is 19. The molecule has 36 heteroatoms. The normalized spacial score (nSPS) is 17.6. The van der Waals surface area contributed by atoms with Gasteiger partial charge in [0.15, 0.2) is 0 Å². The van der Waals surface area contributed by atoms with Crippen LogP contribution in [0.2, 0.25) is 0 Å². The number of thiol groups is 1. The van der Waals surface area contributed by atoms with Crippen molar-refractivity contribution in [3.8, 4) is 0 Å². The van der Waals surface area contributed by atoms with Gasteiger partial charge in [-0.2, -0.15) is 12.6 Å². The highest BCUT2D eigenvalue weighted by molar-refractivity contribution is 7.80. The largest absolute Gasteiger partial charge is 0.480 e. The minimum atomic E-state index is -1.76.